The third-order valence-corrected chi connectivity index (χ3v) is 1.71. The van der Waals surface area contributed by atoms with Crippen molar-refractivity contribution >= 4 is 5.97 Å². The zero-order valence-electron chi connectivity index (χ0n) is 9.88. The lowest BCUT2D eigenvalue weighted by atomic mass is 10.2. The highest BCUT2D eigenvalue weighted by Crippen LogP contribution is 2.34. The van der Waals surface area contributed by atoms with Crippen LogP contribution < -0.4 is 0 Å². The Morgan fingerprint density at radius 2 is 1.94 bits per heavy atom. The molecular formula is C11H10F3NO3. The second kappa shape index (κ2) is 4.37. The number of nitrogens with zero attached hydrogens (tertiary/aromatic N) is 1. The number of alkyl halides is 3. The number of rotatable bonds is 1. The summed E-state index contributed by atoms with van der Waals surface area (Å²) in [6, 6.07) is 2.04. The second-order valence-electron chi connectivity index (χ2n) is 4.46. The van der Waals surface area contributed by atoms with Crippen molar-refractivity contribution in [1.29, 1.82) is 5.26 Å². The van der Waals surface area contributed by atoms with Crippen molar-refractivity contribution in [3.63, 3.8) is 0 Å². The maximum atomic E-state index is 12.5. The number of esters is 1. The molecule has 0 spiro atoms. The number of carbonyl (C=O) groups excluding carboxylic acids is 1. The van der Waals surface area contributed by atoms with Crippen LogP contribution >= 0.6 is 0 Å². The largest absolute Gasteiger partial charge is 0.454 e. The number of nitriles is 1. The standard InChI is InChI=1S/C11H10F3NO3/c1-10(2,3)18-9(16)7-4-6(5-15)8(17-7)11(12,13)14/h4H,1-3H3. The maximum Gasteiger partial charge on any atom is 0.450 e. The highest BCUT2D eigenvalue weighted by Gasteiger charge is 2.39. The molecule has 0 aromatic carbocycles. The summed E-state index contributed by atoms with van der Waals surface area (Å²) in [4.78, 5) is 11.5. The Morgan fingerprint density at radius 1 is 1.39 bits per heavy atom. The molecule has 1 aromatic heterocycles. The average Bonchev–Trinajstić information content (AvgIpc) is 2.57. The summed E-state index contributed by atoms with van der Waals surface area (Å²) in [5, 5.41) is 8.55. The Hall–Kier alpha value is -1.97. The molecule has 0 atom stereocenters. The molecule has 18 heavy (non-hydrogen) atoms. The summed E-state index contributed by atoms with van der Waals surface area (Å²) in [6.07, 6.45) is -4.83. The summed E-state index contributed by atoms with van der Waals surface area (Å²) in [7, 11) is 0. The Kier molecular flexibility index (Phi) is 3.42. The van der Waals surface area contributed by atoms with Crippen molar-refractivity contribution in [2.45, 2.75) is 32.5 Å². The van der Waals surface area contributed by atoms with Crippen LogP contribution in [0.4, 0.5) is 13.2 Å². The fourth-order valence-electron chi connectivity index (χ4n) is 1.11. The minimum absolute atomic E-state index is 0.645. The van der Waals surface area contributed by atoms with Gasteiger partial charge in [-0.3, -0.25) is 0 Å². The van der Waals surface area contributed by atoms with E-state index in [4.69, 9.17) is 10.00 Å². The molecule has 0 saturated heterocycles. The van der Waals surface area contributed by atoms with Crippen molar-refractivity contribution < 1.29 is 27.1 Å². The Morgan fingerprint density at radius 3 is 2.28 bits per heavy atom. The van der Waals surface area contributed by atoms with E-state index >= 15 is 0 Å². The summed E-state index contributed by atoms with van der Waals surface area (Å²) >= 11 is 0. The lowest BCUT2D eigenvalue weighted by Gasteiger charge is -2.18. The van der Waals surface area contributed by atoms with Gasteiger partial charge in [0.25, 0.3) is 0 Å². The number of furan rings is 1. The molecule has 0 amide bonds. The Labute approximate surface area is 101 Å². The number of carbonyl (C=O) groups is 1. The minimum atomic E-state index is -4.83. The van der Waals surface area contributed by atoms with E-state index in [0.29, 0.717) is 0 Å². The predicted octanol–water partition coefficient (Wildman–Crippen LogP) is 3.13. The van der Waals surface area contributed by atoms with E-state index in [2.05, 4.69) is 4.42 Å². The maximum absolute atomic E-state index is 12.5. The molecule has 1 heterocycles. The molecular weight excluding hydrogens is 251 g/mol. The topological polar surface area (TPSA) is 63.2 Å². The van der Waals surface area contributed by atoms with Crippen LogP contribution in [0.1, 0.15) is 42.6 Å². The molecule has 1 aromatic rings. The molecule has 0 bridgehead atoms. The van der Waals surface area contributed by atoms with Crippen LogP contribution in [0.3, 0.4) is 0 Å². The fraction of sp³-hybridized carbons (Fsp3) is 0.455. The van der Waals surface area contributed by atoms with Crippen LogP contribution in [0.5, 0.6) is 0 Å². The van der Waals surface area contributed by atoms with E-state index < -0.39 is 34.8 Å². The summed E-state index contributed by atoms with van der Waals surface area (Å²) in [5.74, 6) is -3.19. The monoisotopic (exact) mass is 261 g/mol. The number of ether oxygens (including phenoxy) is 1. The molecule has 7 heteroatoms. The first kappa shape index (κ1) is 14.1. The first-order valence-corrected chi connectivity index (χ1v) is 4.89. The van der Waals surface area contributed by atoms with Gasteiger partial charge in [-0.25, -0.2) is 4.79 Å². The van der Waals surface area contributed by atoms with Gasteiger partial charge < -0.3 is 9.15 Å². The normalized spacial score (nSPS) is 12.1. The van der Waals surface area contributed by atoms with Gasteiger partial charge in [0.2, 0.25) is 11.5 Å². The lowest BCUT2D eigenvalue weighted by molar-refractivity contribution is -0.153. The highest BCUT2D eigenvalue weighted by molar-refractivity contribution is 5.87. The van der Waals surface area contributed by atoms with Gasteiger partial charge in [-0.15, -0.1) is 0 Å². The first-order valence-electron chi connectivity index (χ1n) is 4.89. The minimum Gasteiger partial charge on any atom is -0.454 e. The number of hydrogen-bond acceptors (Lipinski definition) is 4. The van der Waals surface area contributed by atoms with Crippen LogP contribution in [-0.4, -0.2) is 11.6 Å². The van der Waals surface area contributed by atoms with E-state index in [-0.39, 0.29) is 0 Å². The zero-order valence-corrected chi connectivity index (χ0v) is 9.88. The van der Waals surface area contributed by atoms with E-state index in [0.717, 1.165) is 6.07 Å². The molecule has 0 saturated carbocycles. The summed E-state index contributed by atoms with van der Waals surface area (Å²) < 4.78 is 46.6. The van der Waals surface area contributed by atoms with Gasteiger partial charge in [0.1, 0.15) is 17.2 Å². The van der Waals surface area contributed by atoms with Gasteiger partial charge in [-0.2, -0.15) is 18.4 Å². The van der Waals surface area contributed by atoms with Crippen molar-refractivity contribution in [2.75, 3.05) is 0 Å². The molecule has 0 radical (unpaired) electrons. The Balaban J connectivity index is 3.11. The third-order valence-electron chi connectivity index (χ3n) is 1.71. The molecule has 1 rings (SSSR count). The third kappa shape index (κ3) is 3.26. The number of hydrogen-bond donors (Lipinski definition) is 0. The van der Waals surface area contributed by atoms with Crippen LogP contribution in [0.25, 0.3) is 0 Å². The van der Waals surface area contributed by atoms with Crippen LogP contribution in [-0.2, 0) is 10.9 Å². The molecule has 0 fully saturated rings. The van der Waals surface area contributed by atoms with Crippen molar-refractivity contribution in [1.82, 2.24) is 0 Å². The zero-order chi connectivity index (χ0) is 14.1. The van der Waals surface area contributed by atoms with E-state index in [9.17, 15) is 18.0 Å². The van der Waals surface area contributed by atoms with Gasteiger partial charge in [-0.1, -0.05) is 0 Å². The van der Waals surface area contributed by atoms with Gasteiger partial charge in [0.15, 0.2) is 0 Å². The first-order chi connectivity index (χ1) is 8.04. The van der Waals surface area contributed by atoms with Gasteiger partial charge in [0, 0.05) is 6.07 Å². The van der Waals surface area contributed by atoms with E-state index in [1.165, 1.54) is 6.07 Å². The van der Waals surface area contributed by atoms with E-state index in [1.54, 1.807) is 20.8 Å². The van der Waals surface area contributed by atoms with Crippen LogP contribution in [0, 0.1) is 11.3 Å². The smallest absolute Gasteiger partial charge is 0.450 e. The van der Waals surface area contributed by atoms with Gasteiger partial charge >= 0.3 is 12.1 Å². The highest BCUT2D eigenvalue weighted by atomic mass is 19.4. The Bertz CT molecular complexity index is 503. The van der Waals surface area contributed by atoms with Gasteiger partial charge in [0.05, 0.1) is 0 Å². The second-order valence-corrected chi connectivity index (χ2v) is 4.46. The van der Waals surface area contributed by atoms with Crippen molar-refractivity contribution in [3.8, 4) is 6.07 Å². The van der Waals surface area contributed by atoms with Crippen LogP contribution in [0.15, 0.2) is 10.5 Å². The van der Waals surface area contributed by atoms with E-state index in [1.807, 2.05) is 0 Å². The molecule has 98 valence electrons. The fourth-order valence-corrected chi connectivity index (χ4v) is 1.11. The molecule has 4 nitrogen and oxygen atoms in total. The van der Waals surface area contributed by atoms with Crippen molar-refractivity contribution in [3.05, 3.63) is 23.2 Å². The SMILES string of the molecule is CC(C)(C)OC(=O)c1cc(C#N)c(C(F)(F)F)o1. The van der Waals surface area contributed by atoms with Crippen molar-refractivity contribution in [2.24, 2.45) is 0 Å². The summed E-state index contributed by atoms with van der Waals surface area (Å²) in [5.41, 5.74) is -1.61. The predicted molar refractivity (Wildman–Crippen MR) is 53.6 cm³/mol. The van der Waals surface area contributed by atoms with Crippen LogP contribution in [0.2, 0.25) is 0 Å². The molecule has 0 unspecified atom stereocenters. The summed E-state index contributed by atoms with van der Waals surface area (Å²) in [6.45, 7) is 4.68. The lowest BCUT2D eigenvalue weighted by Crippen LogP contribution is -2.23. The molecule has 0 N–H and O–H groups in total. The molecule has 0 aliphatic rings. The molecule has 0 aliphatic carbocycles. The average molecular weight is 261 g/mol. The van der Waals surface area contributed by atoms with Gasteiger partial charge in [-0.05, 0) is 20.8 Å². The quantitative estimate of drug-likeness (QED) is 0.728. The molecule has 0 aliphatic heterocycles. The number of halogens is 3.